The minimum atomic E-state index is -0.357. The molecule has 1 amide bonds. The molecule has 0 aliphatic heterocycles. The predicted molar refractivity (Wildman–Crippen MR) is 126 cm³/mol. The van der Waals surface area contributed by atoms with Gasteiger partial charge in [-0.05, 0) is 36.8 Å². The molecular formula is C23H23N5O4S. The Morgan fingerprint density at radius 2 is 2.00 bits per heavy atom. The van der Waals surface area contributed by atoms with Crippen LogP contribution in [0.25, 0.3) is 16.6 Å². The highest BCUT2D eigenvalue weighted by Crippen LogP contribution is 2.28. The fraction of sp³-hybridized carbons (Fsp3) is 0.261. The van der Waals surface area contributed by atoms with E-state index >= 15 is 0 Å². The van der Waals surface area contributed by atoms with Crippen LogP contribution < -0.4 is 15.6 Å². The molecule has 10 heteroatoms. The van der Waals surface area contributed by atoms with Gasteiger partial charge >= 0.3 is 6.01 Å². The summed E-state index contributed by atoms with van der Waals surface area (Å²) >= 11 is 1.13. The molecule has 1 N–H and O–H groups in total. The van der Waals surface area contributed by atoms with E-state index in [2.05, 4.69) is 20.5 Å². The number of nitrogens with one attached hydrogen (secondary N) is 1. The van der Waals surface area contributed by atoms with Crippen LogP contribution in [0.4, 0.5) is 6.01 Å². The molecule has 4 aromatic rings. The van der Waals surface area contributed by atoms with Crippen LogP contribution in [0.2, 0.25) is 0 Å². The molecule has 0 fully saturated rings. The number of hydrogen-bond acceptors (Lipinski definition) is 8. The van der Waals surface area contributed by atoms with Crippen LogP contribution in [0.3, 0.4) is 0 Å². The number of thioether (sulfide) groups is 1. The second kappa shape index (κ2) is 9.45. The normalized spacial score (nSPS) is 11.2. The number of aryl methyl sites for hydroxylation is 1. The number of fused-ring (bicyclic) bond motifs is 1. The van der Waals surface area contributed by atoms with E-state index in [1.807, 2.05) is 39.0 Å². The van der Waals surface area contributed by atoms with Crippen molar-refractivity contribution in [2.45, 2.75) is 31.8 Å². The second-order valence-corrected chi connectivity index (χ2v) is 8.61. The van der Waals surface area contributed by atoms with E-state index in [4.69, 9.17) is 9.15 Å². The van der Waals surface area contributed by atoms with Crippen LogP contribution >= 0.6 is 11.8 Å². The van der Waals surface area contributed by atoms with Crippen LogP contribution in [0, 0.1) is 6.92 Å². The quantitative estimate of drug-likeness (QED) is 0.323. The number of hydrogen-bond donors (Lipinski definition) is 1. The number of amides is 1. The lowest BCUT2D eigenvalue weighted by Gasteiger charge is -2.16. The monoisotopic (exact) mass is 465 g/mol. The SMILES string of the molecule is COc1ccc(C)cc1-n1c(SCC(=O)Nc2nnc(C(C)C)o2)nc2ccccc2c1=O. The van der Waals surface area contributed by atoms with Crippen molar-refractivity contribution in [2.75, 3.05) is 18.2 Å². The Bertz CT molecular complexity index is 1380. The molecule has 2 heterocycles. The van der Waals surface area contributed by atoms with Crippen molar-refractivity contribution in [3.8, 4) is 11.4 Å². The second-order valence-electron chi connectivity index (χ2n) is 7.66. The van der Waals surface area contributed by atoms with Crippen molar-refractivity contribution in [3.05, 3.63) is 64.3 Å². The van der Waals surface area contributed by atoms with Gasteiger partial charge in [-0.15, -0.1) is 5.10 Å². The van der Waals surface area contributed by atoms with Gasteiger partial charge in [0.1, 0.15) is 5.75 Å². The first-order valence-electron chi connectivity index (χ1n) is 10.3. The van der Waals surface area contributed by atoms with Gasteiger partial charge in [0.05, 0.1) is 29.5 Å². The first kappa shape index (κ1) is 22.5. The van der Waals surface area contributed by atoms with Gasteiger partial charge in [-0.2, -0.15) is 0 Å². The Kier molecular flexibility index (Phi) is 6.45. The maximum absolute atomic E-state index is 13.5. The van der Waals surface area contributed by atoms with Crippen LogP contribution in [0.15, 0.2) is 56.8 Å². The Balaban J connectivity index is 1.69. The third-order valence-electron chi connectivity index (χ3n) is 4.83. The number of nitrogens with zero attached hydrogens (tertiary/aromatic N) is 4. The molecule has 0 saturated carbocycles. The van der Waals surface area contributed by atoms with Crippen LogP contribution in [-0.2, 0) is 4.79 Å². The summed E-state index contributed by atoms with van der Waals surface area (Å²) in [5, 5.41) is 11.2. The fourth-order valence-corrected chi connectivity index (χ4v) is 4.01. The highest BCUT2D eigenvalue weighted by molar-refractivity contribution is 7.99. The summed E-state index contributed by atoms with van der Waals surface area (Å²) < 4.78 is 12.4. The summed E-state index contributed by atoms with van der Waals surface area (Å²) in [5.41, 5.74) is 1.82. The molecule has 0 aliphatic rings. The molecule has 0 radical (unpaired) electrons. The molecule has 2 aromatic heterocycles. The first-order valence-corrected chi connectivity index (χ1v) is 11.3. The number of ether oxygens (including phenoxy) is 1. The maximum Gasteiger partial charge on any atom is 0.322 e. The molecule has 33 heavy (non-hydrogen) atoms. The summed E-state index contributed by atoms with van der Waals surface area (Å²) in [6, 6.07) is 12.7. The van der Waals surface area contributed by atoms with Crippen molar-refractivity contribution in [1.82, 2.24) is 19.7 Å². The largest absolute Gasteiger partial charge is 0.495 e. The Labute approximate surface area is 194 Å². The average molecular weight is 466 g/mol. The lowest BCUT2D eigenvalue weighted by molar-refractivity contribution is -0.113. The number of carbonyl (C=O) groups is 1. The Morgan fingerprint density at radius 1 is 1.21 bits per heavy atom. The maximum atomic E-state index is 13.5. The summed E-state index contributed by atoms with van der Waals surface area (Å²) in [7, 11) is 1.55. The molecule has 0 atom stereocenters. The third-order valence-corrected chi connectivity index (χ3v) is 5.77. The molecule has 0 spiro atoms. The molecule has 9 nitrogen and oxygen atoms in total. The fourth-order valence-electron chi connectivity index (χ4n) is 3.20. The number of benzene rings is 2. The van der Waals surface area contributed by atoms with Gasteiger partial charge in [-0.1, -0.05) is 48.9 Å². The van der Waals surface area contributed by atoms with Crippen molar-refractivity contribution in [2.24, 2.45) is 0 Å². The summed E-state index contributed by atoms with van der Waals surface area (Å²) in [6.45, 7) is 5.76. The third kappa shape index (κ3) is 4.75. The molecule has 0 bridgehead atoms. The zero-order valence-electron chi connectivity index (χ0n) is 18.7. The van der Waals surface area contributed by atoms with Gasteiger partial charge in [0.25, 0.3) is 5.56 Å². The summed E-state index contributed by atoms with van der Waals surface area (Å²) in [4.78, 5) is 30.7. The zero-order valence-corrected chi connectivity index (χ0v) is 19.5. The van der Waals surface area contributed by atoms with Crippen molar-refractivity contribution < 1.29 is 13.9 Å². The molecule has 0 saturated heterocycles. The molecule has 0 unspecified atom stereocenters. The van der Waals surface area contributed by atoms with Crippen LogP contribution in [0.1, 0.15) is 31.2 Å². The molecule has 170 valence electrons. The first-order chi connectivity index (χ1) is 15.9. The Hall–Kier alpha value is -3.66. The van der Waals surface area contributed by atoms with E-state index < -0.39 is 0 Å². The van der Waals surface area contributed by atoms with Gasteiger partial charge in [-0.3, -0.25) is 19.5 Å². The molecule has 0 aliphatic carbocycles. The van der Waals surface area contributed by atoms with Gasteiger partial charge in [0.2, 0.25) is 11.8 Å². The van der Waals surface area contributed by atoms with E-state index in [9.17, 15) is 9.59 Å². The van der Waals surface area contributed by atoms with E-state index in [1.54, 1.807) is 31.4 Å². The van der Waals surface area contributed by atoms with Gasteiger partial charge in [0.15, 0.2) is 5.16 Å². The van der Waals surface area contributed by atoms with Gasteiger partial charge in [0, 0.05) is 5.92 Å². The van der Waals surface area contributed by atoms with E-state index in [0.29, 0.717) is 33.4 Å². The molecular weight excluding hydrogens is 442 g/mol. The van der Waals surface area contributed by atoms with Crippen molar-refractivity contribution >= 4 is 34.6 Å². The van der Waals surface area contributed by atoms with Gasteiger partial charge < -0.3 is 9.15 Å². The minimum absolute atomic E-state index is 0.0156. The number of carbonyl (C=O) groups excluding carboxylic acids is 1. The number of methoxy groups -OCH3 is 1. The number of aromatic nitrogens is 4. The number of rotatable bonds is 7. The molecule has 2 aromatic carbocycles. The molecule has 4 rings (SSSR count). The standard InChI is InChI=1S/C23H23N5O4S/c1-13(2)20-26-27-22(32-20)25-19(29)12-33-23-24-16-8-6-5-7-15(16)21(30)28(23)17-11-14(3)9-10-18(17)31-4/h5-11,13H,12H2,1-4H3,(H,25,27,29). The van der Waals surface area contributed by atoms with E-state index in [1.165, 1.54) is 4.57 Å². The lowest BCUT2D eigenvalue weighted by atomic mass is 10.2. The summed E-state index contributed by atoms with van der Waals surface area (Å²) in [6.07, 6.45) is 0. The van der Waals surface area contributed by atoms with E-state index in [0.717, 1.165) is 17.3 Å². The summed E-state index contributed by atoms with van der Waals surface area (Å²) in [5.74, 6) is 0.646. The van der Waals surface area contributed by atoms with Gasteiger partial charge in [-0.25, -0.2) is 4.98 Å². The highest BCUT2D eigenvalue weighted by atomic mass is 32.2. The average Bonchev–Trinajstić information content (AvgIpc) is 3.26. The minimum Gasteiger partial charge on any atom is -0.495 e. The highest BCUT2D eigenvalue weighted by Gasteiger charge is 2.19. The zero-order chi connectivity index (χ0) is 23.5. The number of para-hydroxylation sites is 1. The smallest absolute Gasteiger partial charge is 0.322 e. The van der Waals surface area contributed by atoms with Crippen LogP contribution in [-0.4, -0.2) is 38.5 Å². The van der Waals surface area contributed by atoms with Crippen molar-refractivity contribution in [3.63, 3.8) is 0 Å². The predicted octanol–water partition coefficient (Wildman–Crippen LogP) is 3.94. The number of anilines is 1. The Morgan fingerprint density at radius 3 is 2.73 bits per heavy atom. The van der Waals surface area contributed by atoms with Crippen molar-refractivity contribution in [1.29, 1.82) is 0 Å². The topological polar surface area (TPSA) is 112 Å². The van der Waals surface area contributed by atoms with E-state index in [-0.39, 0.29) is 29.2 Å². The van der Waals surface area contributed by atoms with Crippen LogP contribution in [0.5, 0.6) is 5.75 Å². The lowest BCUT2D eigenvalue weighted by Crippen LogP contribution is -2.23.